The molecule has 2 aliphatic rings. The number of ketones is 2. The fraction of sp³-hybridized carbons (Fsp3) is 0.286. The van der Waals surface area contributed by atoms with Gasteiger partial charge in [0.2, 0.25) is 0 Å². The van der Waals surface area contributed by atoms with Gasteiger partial charge in [-0.1, -0.05) is 138 Å². The van der Waals surface area contributed by atoms with Crippen molar-refractivity contribution in [1.82, 2.24) is 19.8 Å². The number of benzene rings is 6. The molecule has 0 unspecified atom stereocenters. The highest BCUT2D eigenvalue weighted by molar-refractivity contribution is 6.40. The van der Waals surface area contributed by atoms with Crippen LogP contribution in [0.25, 0.3) is 44.5 Å². The number of carbonyl (C=O) groups excluding carboxylic acids is 4. The number of hydrogen-bond acceptors (Lipinski definition) is 10. The average molecular weight is 1090 g/mol. The summed E-state index contributed by atoms with van der Waals surface area (Å²) in [6.45, 7) is 13.6. The molecule has 82 heavy (non-hydrogen) atoms. The van der Waals surface area contributed by atoms with Crippen LogP contribution in [-0.4, -0.2) is 92.6 Å². The molecule has 0 saturated carbocycles. The number of carbonyl (C=O) groups is 4. The first-order valence-electron chi connectivity index (χ1n) is 29.2. The van der Waals surface area contributed by atoms with Gasteiger partial charge >= 0.3 is 0 Å². The number of aromatic nitrogens is 2. The van der Waals surface area contributed by atoms with Crippen molar-refractivity contribution < 1.29 is 29.4 Å². The van der Waals surface area contributed by atoms with Crippen LogP contribution in [0.3, 0.4) is 0 Å². The van der Waals surface area contributed by atoms with E-state index in [1.807, 2.05) is 131 Å². The van der Waals surface area contributed by atoms with E-state index in [0.717, 1.165) is 109 Å². The second-order valence-corrected chi connectivity index (χ2v) is 21.5. The molecule has 10 rings (SSSR count). The molecule has 12 nitrogen and oxygen atoms in total. The normalized spacial score (nSPS) is 12.8. The number of para-hydroxylation sites is 2. The number of Topliss-reactive ketones (excluding diaryl/α,β-unsaturated/α-hetero) is 2. The molecular weight excluding hydrogens is 1020 g/mol. The molecule has 0 spiro atoms. The number of amides is 2. The Morgan fingerprint density at radius 1 is 0.415 bits per heavy atom. The molecule has 2 aromatic heterocycles. The van der Waals surface area contributed by atoms with E-state index in [9.17, 15) is 29.4 Å². The zero-order valence-corrected chi connectivity index (χ0v) is 47.5. The summed E-state index contributed by atoms with van der Waals surface area (Å²) in [6, 6.07) is 49.2. The van der Waals surface area contributed by atoms with Gasteiger partial charge in [0.05, 0.1) is 33.6 Å². The van der Waals surface area contributed by atoms with Crippen molar-refractivity contribution in [2.45, 2.75) is 92.2 Å². The van der Waals surface area contributed by atoms with Crippen molar-refractivity contribution in [1.29, 1.82) is 0 Å². The monoisotopic (exact) mass is 1090 g/mol. The molecule has 0 bridgehead atoms. The zero-order chi connectivity index (χ0) is 57.3. The van der Waals surface area contributed by atoms with Crippen LogP contribution in [0.5, 0.6) is 0 Å². The summed E-state index contributed by atoms with van der Waals surface area (Å²) >= 11 is 0. The number of nitrogens with zero attached hydrogens (tertiary/aromatic N) is 6. The summed E-state index contributed by atoms with van der Waals surface area (Å²) in [6.07, 6.45) is 6.75. The van der Waals surface area contributed by atoms with Crippen LogP contribution in [-0.2, 0) is 13.1 Å². The number of anilines is 2. The highest BCUT2D eigenvalue weighted by Crippen LogP contribution is 2.42. The van der Waals surface area contributed by atoms with Crippen molar-refractivity contribution in [2.24, 2.45) is 0 Å². The van der Waals surface area contributed by atoms with Gasteiger partial charge in [-0.3, -0.25) is 19.2 Å². The van der Waals surface area contributed by atoms with E-state index in [4.69, 9.17) is 9.97 Å². The van der Waals surface area contributed by atoms with Gasteiger partial charge in [-0.25, -0.2) is 9.97 Å². The molecular formula is C70H72N6O6. The lowest BCUT2D eigenvalue weighted by atomic mass is 10.0. The quantitative estimate of drug-likeness (QED) is 0.0530. The van der Waals surface area contributed by atoms with Crippen LogP contribution in [0.1, 0.15) is 154 Å². The summed E-state index contributed by atoms with van der Waals surface area (Å²) in [5.41, 5.74) is 8.42. The molecule has 0 atom stereocenters. The number of fused-ring (bicyclic) bond motifs is 4. The van der Waals surface area contributed by atoms with E-state index in [1.54, 1.807) is 36.4 Å². The van der Waals surface area contributed by atoms with Crippen molar-refractivity contribution >= 4 is 79.2 Å². The first kappa shape index (κ1) is 56.4. The lowest BCUT2D eigenvalue weighted by Gasteiger charge is -2.26. The van der Waals surface area contributed by atoms with E-state index >= 15 is 0 Å². The highest BCUT2D eigenvalue weighted by atomic mass is 16.3. The van der Waals surface area contributed by atoms with Crippen LogP contribution in [0.2, 0.25) is 0 Å². The number of allylic oxidation sites excluding steroid dienone is 2. The van der Waals surface area contributed by atoms with Gasteiger partial charge in [0.15, 0.2) is 11.6 Å². The molecule has 2 amide bonds. The third-order valence-electron chi connectivity index (χ3n) is 15.6. The van der Waals surface area contributed by atoms with E-state index in [2.05, 4.69) is 37.5 Å². The molecule has 2 heterocycles. The Morgan fingerprint density at radius 3 is 1.16 bits per heavy atom. The molecule has 0 fully saturated rings. The molecule has 12 heteroatoms. The van der Waals surface area contributed by atoms with Gasteiger partial charge in [0.1, 0.15) is 11.5 Å². The minimum atomic E-state index is -0.331. The first-order valence-corrected chi connectivity index (χ1v) is 29.2. The van der Waals surface area contributed by atoms with E-state index < -0.39 is 0 Å². The second kappa shape index (κ2) is 25.7. The summed E-state index contributed by atoms with van der Waals surface area (Å²) in [5, 5.41) is 25.8. The van der Waals surface area contributed by atoms with Crippen molar-refractivity contribution in [3.05, 3.63) is 214 Å². The number of hydrogen-bond donors (Lipinski definition) is 2. The standard InChI is InChI=1S/C70H72N6O6/c1-5-35-73(36-6-2)61-43-59(71-57-29-19-17-27-53(57)61)63-65(77)51-33-31-49(41-55(51)67(63)79)69(81)75(45-47-23-13-11-14-24-47)39-21-9-10-22-40-76(46-48-25-15-12-16-26-48)70(82)50-32-34-52-56(42-50)68(80)64(66(52)78)60-44-62(74(37-7-3)38-8-4)54-28-18-20-30-58(54)72-60/h11-20,23-34,41-44,79-80H,5-10,21-22,35-40,45-46H2,1-4H3. The Morgan fingerprint density at radius 2 is 0.780 bits per heavy atom. The SMILES string of the molecule is CCCN(CCC)c1cc(C2=C(O)c3cc(C(=O)N(CCCCCCN(Cc4ccccc4)C(=O)c4ccc5c(c4)C(O)=C(c4cc(N(CCC)CCC)c6ccccc6n4)C5=O)Cc4ccccc4)ccc3C2=O)nc2ccccc12. The van der Waals surface area contributed by atoms with E-state index in [-0.39, 0.29) is 46.0 Å². The maximum atomic E-state index is 14.6. The molecule has 2 N–H and O–H groups in total. The number of pyridine rings is 2. The summed E-state index contributed by atoms with van der Waals surface area (Å²) in [7, 11) is 0. The Bertz CT molecular complexity index is 3490. The number of rotatable bonds is 25. The Labute approximate surface area is 481 Å². The molecule has 418 valence electrons. The maximum Gasteiger partial charge on any atom is 0.254 e. The topological polar surface area (TPSA) is 147 Å². The third kappa shape index (κ3) is 11.8. The first-order chi connectivity index (χ1) is 40.0. The molecule has 0 aliphatic heterocycles. The predicted octanol–water partition coefficient (Wildman–Crippen LogP) is 14.8. The average Bonchev–Trinajstić information content (AvgIpc) is 4.11. The van der Waals surface area contributed by atoms with Crippen LogP contribution in [0.4, 0.5) is 11.4 Å². The Balaban J connectivity index is 0.845. The highest BCUT2D eigenvalue weighted by Gasteiger charge is 2.35. The van der Waals surface area contributed by atoms with Crippen LogP contribution < -0.4 is 9.80 Å². The van der Waals surface area contributed by atoms with E-state index in [1.165, 1.54) is 0 Å². The predicted molar refractivity (Wildman–Crippen MR) is 330 cm³/mol. The minimum Gasteiger partial charge on any atom is -0.506 e. The Hall–Kier alpha value is -8.90. The number of aliphatic hydroxyl groups excluding tert-OH is 2. The Kier molecular flexibility index (Phi) is 17.7. The molecule has 6 aromatic carbocycles. The lowest BCUT2D eigenvalue weighted by Crippen LogP contribution is -2.32. The van der Waals surface area contributed by atoms with Gasteiger partial charge in [-0.05, 0) is 110 Å². The maximum absolute atomic E-state index is 14.6. The molecule has 2 aliphatic carbocycles. The summed E-state index contributed by atoms with van der Waals surface area (Å²) in [5.74, 6) is -1.46. The molecule has 0 radical (unpaired) electrons. The lowest BCUT2D eigenvalue weighted by molar-refractivity contribution is 0.0726. The smallest absolute Gasteiger partial charge is 0.254 e. The third-order valence-corrected chi connectivity index (χ3v) is 15.6. The van der Waals surface area contributed by atoms with Crippen LogP contribution in [0.15, 0.2) is 158 Å². The molecule has 8 aromatic rings. The summed E-state index contributed by atoms with van der Waals surface area (Å²) < 4.78 is 0. The van der Waals surface area contributed by atoms with Crippen LogP contribution in [0, 0.1) is 0 Å². The van der Waals surface area contributed by atoms with Gasteiger partial charge in [0, 0.05) is 108 Å². The van der Waals surface area contributed by atoms with Gasteiger partial charge < -0.3 is 29.8 Å². The minimum absolute atomic E-state index is 0.129. The second-order valence-electron chi connectivity index (χ2n) is 21.5. The van der Waals surface area contributed by atoms with Gasteiger partial charge in [-0.15, -0.1) is 0 Å². The van der Waals surface area contributed by atoms with Crippen LogP contribution >= 0.6 is 0 Å². The van der Waals surface area contributed by atoms with Gasteiger partial charge in [-0.2, -0.15) is 0 Å². The van der Waals surface area contributed by atoms with E-state index in [0.29, 0.717) is 83.8 Å². The van der Waals surface area contributed by atoms with Gasteiger partial charge in [0.25, 0.3) is 11.8 Å². The number of unbranched alkanes of at least 4 members (excludes halogenated alkanes) is 3. The van der Waals surface area contributed by atoms with Crippen molar-refractivity contribution in [3.63, 3.8) is 0 Å². The largest absolute Gasteiger partial charge is 0.506 e. The number of aliphatic hydroxyl groups is 2. The zero-order valence-electron chi connectivity index (χ0n) is 47.5. The molecule has 0 saturated heterocycles. The fourth-order valence-electron chi connectivity index (χ4n) is 11.7. The summed E-state index contributed by atoms with van der Waals surface area (Å²) in [4.78, 5) is 75.8. The van der Waals surface area contributed by atoms with Crippen molar-refractivity contribution in [3.8, 4) is 0 Å². The van der Waals surface area contributed by atoms with Crippen molar-refractivity contribution in [2.75, 3.05) is 49.1 Å². The fourth-order valence-corrected chi connectivity index (χ4v) is 11.7.